The third-order valence-corrected chi connectivity index (χ3v) is 1.74. The van der Waals surface area contributed by atoms with Gasteiger partial charge in [0.2, 0.25) is 0 Å². The maximum Gasteiger partial charge on any atom is 0.341 e. The highest BCUT2D eigenvalue weighted by molar-refractivity contribution is 5.89. The predicted molar refractivity (Wildman–Crippen MR) is 39.7 cm³/mol. The average molecular weight is 206 g/mol. The zero-order valence-electron chi connectivity index (χ0n) is 6.94. The van der Waals surface area contributed by atoms with Crippen LogP contribution in [-0.2, 0) is 0 Å². The van der Waals surface area contributed by atoms with Gasteiger partial charge in [-0.2, -0.15) is 0 Å². The molecule has 0 aliphatic heterocycles. The van der Waals surface area contributed by atoms with Crippen LogP contribution < -0.4 is 0 Å². The molecular weight excluding hydrogens is 201 g/mol. The van der Waals surface area contributed by atoms with Gasteiger partial charge in [0.1, 0.15) is 5.56 Å². The van der Waals surface area contributed by atoms with Crippen molar-refractivity contribution in [2.75, 3.05) is 0 Å². The number of benzene rings is 1. The summed E-state index contributed by atoms with van der Waals surface area (Å²) in [7, 11) is 0. The zero-order valence-corrected chi connectivity index (χ0v) is 6.94. The Labute approximate surface area is 76.4 Å². The first-order valence-electron chi connectivity index (χ1n) is 3.47. The van der Waals surface area contributed by atoms with E-state index in [4.69, 9.17) is 10.2 Å². The van der Waals surface area contributed by atoms with Crippen LogP contribution in [0.1, 0.15) is 15.9 Å². The summed E-state index contributed by atoms with van der Waals surface area (Å²) in [6.45, 7) is 0.933. The van der Waals surface area contributed by atoms with E-state index in [2.05, 4.69) is 0 Å². The van der Waals surface area contributed by atoms with Crippen molar-refractivity contribution < 1.29 is 28.2 Å². The van der Waals surface area contributed by atoms with Crippen LogP contribution in [0.2, 0.25) is 0 Å². The number of phenols is 1. The average Bonchev–Trinajstić information content (AvgIpc) is 2.11. The van der Waals surface area contributed by atoms with Gasteiger partial charge in [0, 0.05) is 5.56 Å². The van der Waals surface area contributed by atoms with Crippen LogP contribution in [-0.4, -0.2) is 16.2 Å². The van der Waals surface area contributed by atoms with Crippen molar-refractivity contribution in [1.82, 2.24) is 0 Å². The molecule has 0 saturated heterocycles. The third-order valence-electron chi connectivity index (χ3n) is 1.74. The molecule has 0 aliphatic carbocycles. The molecule has 0 fully saturated rings. The summed E-state index contributed by atoms with van der Waals surface area (Å²) in [5.41, 5.74) is -2.16. The number of carboxylic acid groups (broad SMARTS) is 1. The van der Waals surface area contributed by atoms with Gasteiger partial charge in [0.25, 0.3) is 0 Å². The van der Waals surface area contributed by atoms with Crippen LogP contribution >= 0.6 is 0 Å². The number of phenolic OH excluding ortho intramolecular Hbond substituents is 1. The second-order valence-corrected chi connectivity index (χ2v) is 2.60. The number of hydrogen-bond donors (Lipinski definition) is 2. The maximum absolute atomic E-state index is 12.9. The minimum Gasteiger partial charge on any atom is -0.505 e. The Bertz CT molecular complexity index is 386. The quantitative estimate of drug-likeness (QED) is 0.689. The molecule has 1 aromatic carbocycles. The first-order valence-corrected chi connectivity index (χ1v) is 3.47. The number of aromatic carboxylic acids is 1. The summed E-state index contributed by atoms with van der Waals surface area (Å²) in [5.74, 6) is -8.23. The first-order chi connectivity index (χ1) is 6.37. The lowest BCUT2D eigenvalue weighted by Gasteiger charge is -2.06. The van der Waals surface area contributed by atoms with Gasteiger partial charge in [-0.1, -0.05) is 0 Å². The molecule has 0 saturated carbocycles. The monoisotopic (exact) mass is 206 g/mol. The van der Waals surface area contributed by atoms with Crippen LogP contribution in [0.5, 0.6) is 5.75 Å². The Morgan fingerprint density at radius 2 is 1.64 bits per heavy atom. The summed E-state index contributed by atoms with van der Waals surface area (Å²) in [4.78, 5) is 10.3. The molecule has 0 aliphatic rings. The first kappa shape index (κ1) is 10.4. The van der Waals surface area contributed by atoms with Crippen molar-refractivity contribution >= 4 is 5.97 Å². The number of carboxylic acids is 1. The summed E-state index contributed by atoms with van der Waals surface area (Å²) in [5, 5.41) is 17.2. The lowest BCUT2D eigenvalue weighted by molar-refractivity contribution is 0.0683. The highest BCUT2D eigenvalue weighted by Crippen LogP contribution is 2.29. The SMILES string of the molecule is Cc1c(O)c(F)c(C(=O)O)c(F)c1F. The van der Waals surface area contributed by atoms with Crippen molar-refractivity contribution in [1.29, 1.82) is 0 Å². The second kappa shape index (κ2) is 3.21. The molecule has 0 radical (unpaired) electrons. The minimum atomic E-state index is -1.98. The van der Waals surface area contributed by atoms with Gasteiger partial charge in [-0.3, -0.25) is 0 Å². The van der Waals surface area contributed by atoms with Crippen LogP contribution in [0, 0.1) is 24.4 Å². The fourth-order valence-corrected chi connectivity index (χ4v) is 0.945. The summed E-state index contributed by atoms with van der Waals surface area (Å²) in [6, 6.07) is 0. The number of rotatable bonds is 1. The fraction of sp³-hybridized carbons (Fsp3) is 0.125. The van der Waals surface area contributed by atoms with E-state index in [1.54, 1.807) is 0 Å². The summed E-state index contributed by atoms with van der Waals surface area (Å²) in [6.07, 6.45) is 0. The van der Waals surface area contributed by atoms with Gasteiger partial charge < -0.3 is 10.2 Å². The Balaban J connectivity index is 3.68. The van der Waals surface area contributed by atoms with Crippen LogP contribution in [0.4, 0.5) is 13.2 Å². The number of carbonyl (C=O) groups is 1. The van der Waals surface area contributed by atoms with Crippen LogP contribution in [0.3, 0.4) is 0 Å². The molecule has 76 valence electrons. The lowest BCUT2D eigenvalue weighted by atomic mass is 10.1. The van der Waals surface area contributed by atoms with E-state index in [0.29, 0.717) is 0 Å². The van der Waals surface area contributed by atoms with E-state index in [1.807, 2.05) is 0 Å². The number of hydrogen-bond acceptors (Lipinski definition) is 2. The molecule has 0 aromatic heterocycles. The summed E-state index contributed by atoms with van der Waals surface area (Å²) >= 11 is 0. The van der Waals surface area contributed by atoms with Crippen LogP contribution in [0.15, 0.2) is 0 Å². The molecule has 0 atom stereocenters. The van der Waals surface area contributed by atoms with E-state index in [1.165, 1.54) is 0 Å². The normalized spacial score (nSPS) is 10.3. The Kier molecular flexibility index (Phi) is 2.37. The molecule has 0 spiro atoms. The van der Waals surface area contributed by atoms with Crippen molar-refractivity contribution in [2.45, 2.75) is 6.92 Å². The molecule has 3 nitrogen and oxygen atoms in total. The van der Waals surface area contributed by atoms with Crippen molar-refractivity contribution in [2.24, 2.45) is 0 Å². The Morgan fingerprint density at radius 1 is 1.14 bits per heavy atom. The maximum atomic E-state index is 12.9. The largest absolute Gasteiger partial charge is 0.505 e. The predicted octanol–water partition coefficient (Wildman–Crippen LogP) is 1.82. The van der Waals surface area contributed by atoms with E-state index in [0.717, 1.165) is 6.92 Å². The standard InChI is InChI=1S/C8H5F3O3/c1-2-4(9)5(10)3(8(13)14)6(11)7(2)12/h12H,1H3,(H,13,14). The van der Waals surface area contributed by atoms with Crippen LogP contribution in [0.25, 0.3) is 0 Å². The highest BCUT2D eigenvalue weighted by atomic mass is 19.2. The summed E-state index contributed by atoms with van der Waals surface area (Å²) < 4.78 is 38.6. The van der Waals surface area contributed by atoms with Gasteiger partial charge in [-0.05, 0) is 6.92 Å². The second-order valence-electron chi connectivity index (χ2n) is 2.60. The molecule has 0 unspecified atom stereocenters. The number of halogens is 3. The fourth-order valence-electron chi connectivity index (χ4n) is 0.945. The van der Waals surface area contributed by atoms with Crippen molar-refractivity contribution in [3.63, 3.8) is 0 Å². The van der Waals surface area contributed by atoms with Gasteiger partial charge >= 0.3 is 5.97 Å². The molecule has 0 amide bonds. The molecule has 14 heavy (non-hydrogen) atoms. The number of aromatic hydroxyl groups is 1. The van der Waals surface area contributed by atoms with Gasteiger partial charge in [-0.25, -0.2) is 18.0 Å². The van der Waals surface area contributed by atoms with E-state index in [9.17, 15) is 18.0 Å². The van der Waals surface area contributed by atoms with Gasteiger partial charge in [0.15, 0.2) is 23.2 Å². The zero-order chi connectivity index (χ0) is 11.0. The Morgan fingerprint density at radius 3 is 2.07 bits per heavy atom. The third kappa shape index (κ3) is 1.28. The lowest BCUT2D eigenvalue weighted by Crippen LogP contribution is -2.08. The van der Waals surface area contributed by atoms with Gasteiger partial charge in [0.05, 0.1) is 0 Å². The Hall–Kier alpha value is -1.72. The molecule has 0 heterocycles. The molecule has 1 aromatic rings. The molecule has 2 N–H and O–H groups in total. The molecule has 1 rings (SSSR count). The van der Waals surface area contributed by atoms with E-state index >= 15 is 0 Å². The van der Waals surface area contributed by atoms with E-state index in [-0.39, 0.29) is 0 Å². The van der Waals surface area contributed by atoms with Crippen molar-refractivity contribution in [3.8, 4) is 5.75 Å². The molecular formula is C8H5F3O3. The molecule has 0 bridgehead atoms. The van der Waals surface area contributed by atoms with E-state index < -0.39 is 40.3 Å². The van der Waals surface area contributed by atoms with Gasteiger partial charge in [-0.15, -0.1) is 0 Å². The smallest absolute Gasteiger partial charge is 0.341 e. The van der Waals surface area contributed by atoms with Crippen molar-refractivity contribution in [3.05, 3.63) is 28.6 Å². The minimum absolute atomic E-state index is 0.662. The highest BCUT2D eigenvalue weighted by Gasteiger charge is 2.26. The topological polar surface area (TPSA) is 57.5 Å². The molecule has 6 heteroatoms.